The number of nitrogens with zero attached hydrogens (tertiary/aromatic N) is 1. The molecular formula is C21H25N3O3. The number of carbonyl (C=O) groups excluding carboxylic acids is 2. The molecule has 2 aromatic carbocycles. The second kappa shape index (κ2) is 8.79. The fourth-order valence-electron chi connectivity index (χ4n) is 3.25. The molecule has 0 saturated heterocycles. The average Bonchev–Trinajstić information content (AvgIpc) is 3.12. The molecule has 0 fully saturated rings. The van der Waals surface area contributed by atoms with E-state index in [-0.39, 0.29) is 24.3 Å². The van der Waals surface area contributed by atoms with Gasteiger partial charge in [-0.3, -0.25) is 9.59 Å². The van der Waals surface area contributed by atoms with Crippen molar-refractivity contribution in [3.05, 3.63) is 59.7 Å². The lowest BCUT2D eigenvalue weighted by molar-refractivity contribution is -0.119. The predicted octanol–water partition coefficient (Wildman–Crippen LogP) is 2.12. The summed E-state index contributed by atoms with van der Waals surface area (Å²) in [6, 6.07) is 15.4. The number of rotatable bonds is 7. The molecule has 6 heteroatoms. The van der Waals surface area contributed by atoms with Crippen molar-refractivity contribution in [2.24, 2.45) is 5.73 Å². The third-order valence-corrected chi connectivity index (χ3v) is 4.79. The van der Waals surface area contributed by atoms with Crippen molar-refractivity contribution in [3.8, 4) is 0 Å². The lowest BCUT2D eigenvalue weighted by Crippen LogP contribution is -2.30. The topological polar surface area (TPSA) is 84.7 Å². The van der Waals surface area contributed by atoms with Crippen LogP contribution in [0.5, 0.6) is 0 Å². The van der Waals surface area contributed by atoms with Crippen LogP contribution in [-0.2, 0) is 27.2 Å². The van der Waals surface area contributed by atoms with E-state index in [0.717, 1.165) is 24.2 Å². The third kappa shape index (κ3) is 4.72. The number of amides is 2. The number of fused-ring (bicyclic) bond motifs is 1. The Bertz CT molecular complexity index is 801. The fraction of sp³-hybridized carbons (Fsp3) is 0.333. The van der Waals surface area contributed by atoms with Crippen LogP contribution < -0.4 is 16.0 Å². The number of hydrogen-bond acceptors (Lipinski definition) is 4. The fourth-order valence-corrected chi connectivity index (χ4v) is 3.25. The van der Waals surface area contributed by atoms with Gasteiger partial charge in [0.2, 0.25) is 11.8 Å². The summed E-state index contributed by atoms with van der Waals surface area (Å²) < 4.78 is 5.12. The number of nitrogens with one attached hydrogen (secondary N) is 1. The van der Waals surface area contributed by atoms with Crippen LogP contribution in [0.3, 0.4) is 0 Å². The van der Waals surface area contributed by atoms with E-state index in [2.05, 4.69) is 11.4 Å². The predicted molar refractivity (Wildman–Crippen MR) is 106 cm³/mol. The number of nitrogens with two attached hydrogens (primary N) is 1. The number of hydrogen-bond donors (Lipinski definition) is 2. The standard InChI is InChI=1S/C21H25N3O3/c1-27-18(14-22)13-20(25)23-17-8-6-15(7-9-17)12-21(26)24-11-10-16-4-2-3-5-19(16)24/h2-9,18H,10-14,22H2,1H3,(H,23,25). The van der Waals surface area contributed by atoms with Gasteiger partial charge in [0.05, 0.1) is 18.9 Å². The zero-order chi connectivity index (χ0) is 19.2. The zero-order valence-corrected chi connectivity index (χ0v) is 15.5. The first kappa shape index (κ1) is 19.1. The van der Waals surface area contributed by atoms with E-state index >= 15 is 0 Å². The second-order valence-electron chi connectivity index (χ2n) is 6.64. The second-order valence-corrected chi connectivity index (χ2v) is 6.64. The van der Waals surface area contributed by atoms with Gasteiger partial charge in [0.15, 0.2) is 0 Å². The highest BCUT2D eigenvalue weighted by Crippen LogP contribution is 2.28. The van der Waals surface area contributed by atoms with Gasteiger partial charge in [-0.2, -0.15) is 0 Å². The van der Waals surface area contributed by atoms with E-state index in [1.165, 1.54) is 12.7 Å². The quantitative estimate of drug-likeness (QED) is 0.785. The largest absolute Gasteiger partial charge is 0.380 e. The molecular weight excluding hydrogens is 342 g/mol. The smallest absolute Gasteiger partial charge is 0.231 e. The van der Waals surface area contributed by atoms with Crippen LogP contribution in [-0.4, -0.2) is 38.1 Å². The van der Waals surface area contributed by atoms with E-state index in [1.54, 1.807) is 0 Å². The highest BCUT2D eigenvalue weighted by atomic mass is 16.5. The van der Waals surface area contributed by atoms with E-state index in [4.69, 9.17) is 10.5 Å². The molecule has 0 spiro atoms. The molecule has 27 heavy (non-hydrogen) atoms. The van der Waals surface area contributed by atoms with Crippen LogP contribution in [0, 0.1) is 0 Å². The Kier molecular flexibility index (Phi) is 6.21. The van der Waals surface area contributed by atoms with Gasteiger partial charge < -0.3 is 20.7 Å². The van der Waals surface area contributed by atoms with Crippen LogP contribution in [0.2, 0.25) is 0 Å². The summed E-state index contributed by atoms with van der Waals surface area (Å²) in [7, 11) is 1.54. The maximum Gasteiger partial charge on any atom is 0.231 e. The maximum atomic E-state index is 12.7. The normalized spacial score (nSPS) is 13.9. The SMILES string of the molecule is COC(CN)CC(=O)Nc1ccc(CC(=O)N2CCc3ccccc32)cc1. The van der Waals surface area contributed by atoms with Gasteiger partial charge in [-0.25, -0.2) is 0 Å². The maximum absolute atomic E-state index is 12.7. The number of benzene rings is 2. The van der Waals surface area contributed by atoms with Gasteiger partial charge in [0.1, 0.15) is 0 Å². The Labute approximate surface area is 159 Å². The molecule has 1 aliphatic heterocycles. The van der Waals surface area contributed by atoms with Gasteiger partial charge >= 0.3 is 0 Å². The number of para-hydroxylation sites is 1. The average molecular weight is 367 g/mol. The lowest BCUT2D eigenvalue weighted by Gasteiger charge is -2.17. The first-order valence-corrected chi connectivity index (χ1v) is 9.10. The molecule has 0 saturated carbocycles. The third-order valence-electron chi connectivity index (χ3n) is 4.79. The van der Waals surface area contributed by atoms with Gasteiger partial charge in [-0.15, -0.1) is 0 Å². The molecule has 0 aliphatic carbocycles. The minimum absolute atomic E-state index is 0.0858. The Hall–Kier alpha value is -2.70. The summed E-state index contributed by atoms with van der Waals surface area (Å²) >= 11 is 0. The highest BCUT2D eigenvalue weighted by Gasteiger charge is 2.23. The van der Waals surface area contributed by atoms with Crippen molar-refractivity contribution >= 4 is 23.2 Å². The molecule has 1 heterocycles. The number of methoxy groups -OCH3 is 1. The van der Waals surface area contributed by atoms with Crippen molar-refractivity contribution in [1.29, 1.82) is 0 Å². The van der Waals surface area contributed by atoms with Crippen molar-refractivity contribution in [2.75, 3.05) is 30.4 Å². The van der Waals surface area contributed by atoms with E-state index in [9.17, 15) is 9.59 Å². The highest BCUT2D eigenvalue weighted by molar-refractivity contribution is 5.97. The summed E-state index contributed by atoms with van der Waals surface area (Å²) in [6.07, 6.45) is 1.16. The van der Waals surface area contributed by atoms with Crippen molar-refractivity contribution in [3.63, 3.8) is 0 Å². The molecule has 1 atom stereocenters. The van der Waals surface area contributed by atoms with Crippen LogP contribution in [0.1, 0.15) is 17.5 Å². The van der Waals surface area contributed by atoms with E-state index < -0.39 is 0 Å². The van der Waals surface area contributed by atoms with Gasteiger partial charge in [-0.1, -0.05) is 30.3 Å². The Morgan fingerprint density at radius 1 is 1.19 bits per heavy atom. The van der Waals surface area contributed by atoms with Gasteiger partial charge in [0.25, 0.3) is 0 Å². The summed E-state index contributed by atoms with van der Waals surface area (Å²) in [4.78, 5) is 26.5. The molecule has 0 radical (unpaired) electrons. The molecule has 3 N–H and O–H groups in total. The molecule has 3 rings (SSSR count). The molecule has 6 nitrogen and oxygen atoms in total. The van der Waals surface area contributed by atoms with Crippen LogP contribution in [0.15, 0.2) is 48.5 Å². The van der Waals surface area contributed by atoms with Crippen LogP contribution in [0.4, 0.5) is 11.4 Å². The number of ether oxygens (including phenoxy) is 1. The van der Waals surface area contributed by atoms with Crippen molar-refractivity contribution < 1.29 is 14.3 Å². The van der Waals surface area contributed by atoms with E-state index in [1.807, 2.05) is 47.4 Å². The summed E-state index contributed by atoms with van der Waals surface area (Å²) in [5.41, 5.74) is 9.37. The minimum atomic E-state index is -0.287. The molecule has 0 aromatic heterocycles. The Balaban J connectivity index is 1.56. The number of anilines is 2. The first-order chi connectivity index (χ1) is 13.1. The van der Waals surface area contributed by atoms with Gasteiger partial charge in [0, 0.05) is 31.6 Å². The molecule has 142 valence electrons. The molecule has 0 bridgehead atoms. The van der Waals surface area contributed by atoms with Crippen molar-refractivity contribution in [2.45, 2.75) is 25.4 Å². The zero-order valence-electron chi connectivity index (χ0n) is 15.5. The van der Waals surface area contributed by atoms with E-state index in [0.29, 0.717) is 18.7 Å². The Morgan fingerprint density at radius 3 is 2.63 bits per heavy atom. The first-order valence-electron chi connectivity index (χ1n) is 9.10. The number of carbonyl (C=O) groups is 2. The van der Waals surface area contributed by atoms with Crippen molar-refractivity contribution in [1.82, 2.24) is 0 Å². The molecule has 2 amide bonds. The monoisotopic (exact) mass is 367 g/mol. The summed E-state index contributed by atoms with van der Waals surface area (Å²) in [5.74, 6) is -0.0626. The molecule has 1 unspecified atom stereocenters. The van der Waals surface area contributed by atoms with Gasteiger partial charge in [-0.05, 0) is 35.7 Å². The summed E-state index contributed by atoms with van der Waals surface area (Å²) in [5, 5.41) is 2.82. The van der Waals surface area contributed by atoms with Crippen LogP contribution in [0.25, 0.3) is 0 Å². The van der Waals surface area contributed by atoms with Crippen LogP contribution >= 0.6 is 0 Å². The minimum Gasteiger partial charge on any atom is -0.380 e. The Morgan fingerprint density at radius 2 is 1.93 bits per heavy atom. The molecule has 2 aromatic rings. The molecule has 1 aliphatic rings. The summed E-state index contributed by atoms with van der Waals surface area (Å²) in [6.45, 7) is 1.03. The lowest BCUT2D eigenvalue weighted by atomic mass is 10.1.